The van der Waals surface area contributed by atoms with Gasteiger partial charge in [0.05, 0.1) is 0 Å². The van der Waals surface area contributed by atoms with Gasteiger partial charge in [-0.2, -0.15) is 0 Å². The fraction of sp³-hybridized carbons (Fsp3) is 0.909. The Morgan fingerprint density at radius 3 is 2.62 bits per heavy atom. The fourth-order valence-electron chi connectivity index (χ4n) is 1.41. The van der Waals surface area contributed by atoms with Crippen molar-refractivity contribution in [2.24, 2.45) is 5.92 Å². The van der Waals surface area contributed by atoms with Gasteiger partial charge in [0.1, 0.15) is 5.78 Å². The van der Waals surface area contributed by atoms with Crippen molar-refractivity contribution in [3.05, 3.63) is 0 Å². The summed E-state index contributed by atoms with van der Waals surface area (Å²) in [7, 11) is 1.68. The van der Waals surface area contributed by atoms with Crippen LogP contribution in [0.5, 0.6) is 0 Å². The molecule has 0 aliphatic heterocycles. The fourth-order valence-corrected chi connectivity index (χ4v) is 1.41. The molecule has 0 fully saturated rings. The van der Waals surface area contributed by atoms with Crippen LogP contribution < -0.4 is 0 Å². The first kappa shape index (κ1) is 12.6. The average molecular weight is 186 g/mol. The number of carbonyl (C=O) groups is 1. The molecule has 78 valence electrons. The molecule has 0 radical (unpaired) electrons. The van der Waals surface area contributed by atoms with Crippen molar-refractivity contribution in [1.29, 1.82) is 0 Å². The van der Waals surface area contributed by atoms with Crippen molar-refractivity contribution in [2.75, 3.05) is 13.7 Å². The zero-order valence-electron chi connectivity index (χ0n) is 9.14. The lowest BCUT2D eigenvalue weighted by Crippen LogP contribution is -2.10. The molecule has 2 nitrogen and oxygen atoms in total. The summed E-state index contributed by atoms with van der Waals surface area (Å²) in [6, 6.07) is 0. The molecule has 1 atom stereocenters. The van der Waals surface area contributed by atoms with Crippen LogP contribution in [0.25, 0.3) is 0 Å². The number of ketones is 1. The molecule has 0 spiro atoms. The minimum Gasteiger partial charge on any atom is -0.384 e. The van der Waals surface area contributed by atoms with Gasteiger partial charge in [-0.25, -0.2) is 0 Å². The van der Waals surface area contributed by atoms with E-state index in [9.17, 15) is 4.79 Å². The van der Waals surface area contributed by atoms with E-state index < -0.39 is 0 Å². The Bertz CT molecular complexity index is 132. The predicted molar refractivity (Wildman–Crippen MR) is 54.8 cm³/mol. The van der Waals surface area contributed by atoms with E-state index in [0.717, 1.165) is 12.8 Å². The van der Waals surface area contributed by atoms with Gasteiger partial charge in [-0.1, -0.05) is 26.7 Å². The highest BCUT2D eigenvalue weighted by Gasteiger charge is 2.07. The van der Waals surface area contributed by atoms with Crippen molar-refractivity contribution in [3.63, 3.8) is 0 Å². The normalized spacial score (nSPS) is 12.8. The van der Waals surface area contributed by atoms with E-state index in [0.29, 0.717) is 24.7 Å². The molecule has 0 aromatic carbocycles. The average Bonchev–Trinajstić information content (AvgIpc) is 2.05. The molecule has 0 aliphatic rings. The summed E-state index contributed by atoms with van der Waals surface area (Å²) in [5.74, 6) is 0.761. The lowest BCUT2D eigenvalue weighted by atomic mass is 10.0. The van der Waals surface area contributed by atoms with Crippen LogP contribution in [0.15, 0.2) is 0 Å². The second-order valence-electron chi connectivity index (χ2n) is 3.76. The molecule has 0 saturated heterocycles. The first-order valence-electron chi connectivity index (χ1n) is 5.21. The molecule has 0 amide bonds. The van der Waals surface area contributed by atoms with Gasteiger partial charge in [0.25, 0.3) is 0 Å². The Morgan fingerprint density at radius 2 is 2.08 bits per heavy atom. The number of rotatable bonds is 8. The largest absolute Gasteiger partial charge is 0.384 e. The highest BCUT2D eigenvalue weighted by molar-refractivity contribution is 5.78. The van der Waals surface area contributed by atoms with Gasteiger partial charge < -0.3 is 4.74 Å². The molecule has 0 aromatic heterocycles. The van der Waals surface area contributed by atoms with E-state index in [4.69, 9.17) is 4.74 Å². The second-order valence-corrected chi connectivity index (χ2v) is 3.76. The topological polar surface area (TPSA) is 26.3 Å². The number of ether oxygens (including phenoxy) is 1. The summed E-state index contributed by atoms with van der Waals surface area (Å²) < 4.78 is 4.98. The lowest BCUT2D eigenvalue weighted by Gasteiger charge is -2.08. The van der Waals surface area contributed by atoms with Crippen LogP contribution in [0.1, 0.15) is 46.0 Å². The number of hydrogen-bond donors (Lipinski definition) is 0. The molecule has 0 heterocycles. The molecule has 0 aromatic rings. The van der Waals surface area contributed by atoms with Crippen molar-refractivity contribution >= 4 is 5.78 Å². The Kier molecular flexibility index (Phi) is 8.00. The van der Waals surface area contributed by atoms with Crippen molar-refractivity contribution in [3.8, 4) is 0 Å². The number of unbranched alkanes of at least 4 members (excludes halogenated alkanes) is 2. The monoisotopic (exact) mass is 186 g/mol. The Labute approximate surface area is 81.7 Å². The van der Waals surface area contributed by atoms with Gasteiger partial charge in [0, 0.05) is 26.6 Å². The van der Waals surface area contributed by atoms with Crippen LogP contribution in [-0.4, -0.2) is 19.5 Å². The zero-order valence-corrected chi connectivity index (χ0v) is 9.14. The van der Waals surface area contributed by atoms with Crippen LogP contribution >= 0.6 is 0 Å². The third-order valence-corrected chi connectivity index (χ3v) is 2.09. The molecular weight excluding hydrogens is 164 g/mol. The van der Waals surface area contributed by atoms with Gasteiger partial charge >= 0.3 is 0 Å². The van der Waals surface area contributed by atoms with Crippen molar-refractivity contribution in [1.82, 2.24) is 0 Å². The van der Waals surface area contributed by atoms with E-state index in [1.165, 1.54) is 12.8 Å². The van der Waals surface area contributed by atoms with Crippen LogP contribution in [-0.2, 0) is 9.53 Å². The number of methoxy groups -OCH3 is 1. The summed E-state index contributed by atoms with van der Waals surface area (Å²) >= 11 is 0. The quantitative estimate of drug-likeness (QED) is 0.545. The molecule has 0 saturated carbocycles. The van der Waals surface area contributed by atoms with Crippen molar-refractivity contribution in [2.45, 2.75) is 46.0 Å². The molecule has 0 bridgehead atoms. The first-order chi connectivity index (χ1) is 6.20. The van der Waals surface area contributed by atoms with E-state index in [2.05, 4.69) is 13.8 Å². The maximum Gasteiger partial charge on any atom is 0.133 e. The minimum absolute atomic E-state index is 0.374. The Balaban J connectivity index is 3.38. The molecule has 0 rings (SSSR count). The maximum absolute atomic E-state index is 11.3. The smallest absolute Gasteiger partial charge is 0.133 e. The van der Waals surface area contributed by atoms with Crippen LogP contribution in [0.4, 0.5) is 0 Å². The van der Waals surface area contributed by atoms with E-state index >= 15 is 0 Å². The first-order valence-corrected chi connectivity index (χ1v) is 5.21. The predicted octanol–water partition coefficient (Wildman–Crippen LogP) is 2.81. The zero-order chi connectivity index (χ0) is 10.1. The molecule has 13 heavy (non-hydrogen) atoms. The molecule has 1 unspecified atom stereocenters. The SMILES string of the molecule is CCCCCC(=O)CC(C)COC. The van der Waals surface area contributed by atoms with Gasteiger partial charge in [0.2, 0.25) is 0 Å². The lowest BCUT2D eigenvalue weighted by molar-refractivity contribution is -0.120. The molecule has 0 N–H and O–H groups in total. The van der Waals surface area contributed by atoms with Gasteiger partial charge in [-0.15, -0.1) is 0 Å². The Hall–Kier alpha value is -0.370. The van der Waals surface area contributed by atoms with Gasteiger partial charge in [-0.05, 0) is 12.3 Å². The highest BCUT2D eigenvalue weighted by Crippen LogP contribution is 2.08. The third-order valence-electron chi connectivity index (χ3n) is 2.09. The highest BCUT2D eigenvalue weighted by atomic mass is 16.5. The summed E-state index contributed by atoms with van der Waals surface area (Å²) in [5, 5.41) is 0. The van der Waals surface area contributed by atoms with Gasteiger partial charge in [-0.3, -0.25) is 4.79 Å². The summed E-state index contributed by atoms with van der Waals surface area (Å²) in [4.78, 5) is 11.3. The summed E-state index contributed by atoms with van der Waals surface area (Å²) in [6.07, 6.45) is 4.83. The number of hydrogen-bond acceptors (Lipinski definition) is 2. The van der Waals surface area contributed by atoms with Gasteiger partial charge in [0.15, 0.2) is 0 Å². The number of carbonyl (C=O) groups excluding carboxylic acids is 1. The van der Waals surface area contributed by atoms with Crippen LogP contribution in [0.3, 0.4) is 0 Å². The maximum atomic E-state index is 11.3. The summed E-state index contributed by atoms with van der Waals surface area (Å²) in [5.41, 5.74) is 0. The van der Waals surface area contributed by atoms with E-state index in [-0.39, 0.29) is 0 Å². The molecular formula is C11H22O2. The third kappa shape index (κ3) is 7.97. The van der Waals surface area contributed by atoms with Crippen LogP contribution in [0.2, 0.25) is 0 Å². The molecule has 2 heteroatoms. The van der Waals surface area contributed by atoms with Crippen LogP contribution in [0, 0.1) is 5.92 Å². The minimum atomic E-state index is 0.374. The second kappa shape index (κ2) is 8.24. The number of Topliss-reactive ketones (excluding diaryl/α,β-unsaturated/α-hetero) is 1. The summed E-state index contributed by atoms with van der Waals surface area (Å²) in [6.45, 7) is 4.90. The molecule has 0 aliphatic carbocycles. The van der Waals surface area contributed by atoms with E-state index in [1.54, 1.807) is 7.11 Å². The van der Waals surface area contributed by atoms with E-state index in [1.807, 2.05) is 0 Å². The van der Waals surface area contributed by atoms with Crippen molar-refractivity contribution < 1.29 is 9.53 Å². The Morgan fingerprint density at radius 1 is 1.38 bits per heavy atom. The standard InChI is InChI=1S/C11H22O2/c1-4-5-6-7-11(12)8-10(2)9-13-3/h10H,4-9H2,1-3H3.